The summed E-state index contributed by atoms with van der Waals surface area (Å²) >= 11 is 12.2. The first-order valence-electron chi connectivity index (χ1n) is 5.84. The maximum Gasteiger partial charge on any atom is 0.0439 e. The van der Waals surface area contributed by atoms with Crippen molar-refractivity contribution in [3.8, 4) is 0 Å². The molecule has 0 saturated heterocycles. The minimum absolute atomic E-state index is 0.662. The van der Waals surface area contributed by atoms with Gasteiger partial charge in [0.15, 0.2) is 0 Å². The summed E-state index contributed by atoms with van der Waals surface area (Å²) in [5.74, 6) is 1.34. The quantitative estimate of drug-likeness (QED) is 0.873. The average Bonchev–Trinajstić information content (AvgIpc) is 2.71. The summed E-state index contributed by atoms with van der Waals surface area (Å²) < 4.78 is 0. The molecule has 0 aromatic heterocycles. The van der Waals surface area contributed by atoms with E-state index in [2.05, 4.69) is 0 Å². The van der Waals surface area contributed by atoms with Crippen LogP contribution in [0.5, 0.6) is 0 Å². The zero-order valence-electron chi connectivity index (χ0n) is 9.26. The van der Waals surface area contributed by atoms with E-state index >= 15 is 0 Å². The van der Waals surface area contributed by atoms with E-state index in [9.17, 15) is 0 Å². The van der Waals surface area contributed by atoms with Gasteiger partial charge in [-0.15, -0.1) is 0 Å². The molecule has 1 nitrogen and oxygen atoms in total. The van der Waals surface area contributed by atoms with Crippen LogP contribution in [0.2, 0.25) is 10.0 Å². The summed E-state index contributed by atoms with van der Waals surface area (Å²) in [6, 6.07) is 5.70. The molecule has 2 unspecified atom stereocenters. The summed E-state index contributed by atoms with van der Waals surface area (Å²) in [7, 11) is 0. The lowest BCUT2D eigenvalue weighted by Crippen LogP contribution is -2.20. The third-order valence-electron chi connectivity index (χ3n) is 3.61. The molecule has 1 aromatic carbocycles. The number of nitrogens with two attached hydrogens (primary N) is 1. The second kappa shape index (κ2) is 5.39. The van der Waals surface area contributed by atoms with Gasteiger partial charge in [-0.05, 0) is 61.4 Å². The van der Waals surface area contributed by atoms with Gasteiger partial charge in [0.25, 0.3) is 0 Å². The number of rotatable bonds is 3. The molecule has 0 spiro atoms. The lowest BCUT2D eigenvalue weighted by atomic mass is 9.90. The molecule has 2 rings (SSSR count). The normalized spacial score (nSPS) is 24.9. The van der Waals surface area contributed by atoms with Crippen LogP contribution >= 0.6 is 23.2 Å². The minimum atomic E-state index is 0.662. The van der Waals surface area contributed by atoms with Crippen molar-refractivity contribution in [3.63, 3.8) is 0 Å². The van der Waals surface area contributed by atoms with Crippen LogP contribution in [0.25, 0.3) is 0 Å². The molecule has 2 N–H and O–H groups in total. The van der Waals surface area contributed by atoms with Gasteiger partial charge in [-0.3, -0.25) is 0 Å². The third kappa shape index (κ3) is 2.71. The van der Waals surface area contributed by atoms with Crippen LogP contribution in [0.4, 0.5) is 0 Å². The number of benzene rings is 1. The Bertz CT molecular complexity index is 365. The standard InChI is InChI=1S/C13H17Cl2N/c14-12-4-5-13(15)11(7-12)6-9-2-1-3-10(9)8-16/h4-5,7,9-10H,1-3,6,8,16H2. The highest BCUT2D eigenvalue weighted by Crippen LogP contribution is 2.35. The Morgan fingerprint density at radius 1 is 1.19 bits per heavy atom. The smallest absolute Gasteiger partial charge is 0.0439 e. The SMILES string of the molecule is NCC1CCCC1Cc1cc(Cl)ccc1Cl. The van der Waals surface area contributed by atoms with E-state index in [-0.39, 0.29) is 0 Å². The van der Waals surface area contributed by atoms with Gasteiger partial charge in [0, 0.05) is 10.0 Å². The predicted molar refractivity (Wildman–Crippen MR) is 70.1 cm³/mol. The van der Waals surface area contributed by atoms with Gasteiger partial charge in [0.2, 0.25) is 0 Å². The predicted octanol–water partition coefficient (Wildman–Crippen LogP) is 3.91. The Morgan fingerprint density at radius 3 is 2.69 bits per heavy atom. The second-order valence-electron chi connectivity index (χ2n) is 4.63. The van der Waals surface area contributed by atoms with Crippen LogP contribution in [0.3, 0.4) is 0 Å². The first-order valence-corrected chi connectivity index (χ1v) is 6.60. The maximum atomic E-state index is 6.18. The molecule has 0 bridgehead atoms. The van der Waals surface area contributed by atoms with Gasteiger partial charge >= 0.3 is 0 Å². The second-order valence-corrected chi connectivity index (χ2v) is 5.47. The summed E-state index contributed by atoms with van der Waals surface area (Å²) in [6.45, 7) is 0.794. The summed E-state index contributed by atoms with van der Waals surface area (Å²) in [4.78, 5) is 0. The highest BCUT2D eigenvalue weighted by molar-refractivity contribution is 6.33. The molecule has 0 heterocycles. The van der Waals surface area contributed by atoms with E-state index in [0.29, 0.717) is 11.8 Å². The molecule has 2 atom stereocenters. The van der Waals surface area contributed by atoms with Crippen molar-refractivity contribution in [1.82, 2.24) is 0 Å². The fourth-order valence-electron chi connectivity index (χ4n) is 2.67. The van der Waals surface area contributed by atoms with Crippen molar-refractivity contribution in [2.24, 2.45) is 17.6 Å². The summed E-state index contributed by atoms with van der Waals surface area (Å²) in [5, 5.41) is 1.59. The Kier molecular flexibility index (Phi) is 4.12. The van der Waals surface area contributed by atoms with E-state index in [4.69, 9.17) is 28.9 Å². The molecular weight excluding hydrogens is 241 g/mol. The zero-order valence-corrected chi connectivity index (χ0v) is 10.8. The van der Waals surface area contributed by atoms with E-state index in [0.717, 1.165) is 23.0 Å². The molecule has 88 valence electrons. The Balaban J connectivity index is 2.11. The largest absolute Gasteiger partial charge is 0.330 e. The van der Waals surface area contributed by atoms with Crippen molar-refractivity contribution < 1.29 is 0 Å². The highest BCUT2D eigenvalue weighted by Gasteiger charge is 2.26. The van der Waals surface area contributed by atoms with Crippen LogP contribution in [0.15, 0.2) is 18.2 Å². The van der Waals surface area contributed by atoms with Gasteiger partial charge < -0.3 is 5.73 Å². The molecule has 0 radical (unpaired) electrons. The number of hydrogen-bond acceptors (Lipinski definition) is 1. The van der Waals surface area contributed by atoms with E-state index in [1.807, 2.05) is 18.2 Å². The van der Waals surface area contributed by atoms with Crippen molar-refractivity contribution >= 4 is 23.2 Å². The topological polar surface area (TPSA) is 26.0 Å². The first kappa shape index (κ1) is 12.2. The van der Waals surface area contributed by atoms with Crippen molar-refractivity contribution in [2.45, 2.75) is 25.7 Å². The highest BCUT2D eigenvalue weighted by atomic mass is 35.5. The van der Waals surface area contributed by atoms with E-state index < -0.39 is 0 Å². The lowest BCUT2D eigenvalue weighted by Gasteiger charge is -2.18. The molecule has 1 aliphatic rings. The van der Waals surface area contributed by atoms with Crippen molar-refractivity contribution in [3.05, 3.63) is 33.8 Å². The fourth-order valence-corrected chi connectivity index (χ4v) is 3.06. The van der Waals surface area contributed by atoms with Crippen LogP contribution in [-0.2, 0) is 6.42 Å². The summed E-state index contributed by atoms with van der Waals surface area (Å²) in [5.41, 5.74) is 6.95. The van der Waals surface area contributed by atoms with E-state index in [1.165, 1.54) is 24.8 Å². The molecule has 1 aromatic rings. The first-order chi connectivity index (χ1) is 7.70. The average molecular weight is 258 g/mol. The van der Waals surface area contributed by atoms with Gasteiger partial charge in [0.05, 0.1) is 0 Å². The maximum absolute atomic E-state index is 6.18. The van der Waals surface area contributed by atoms with Crippen LogP contribution in [0.1, 0.15) is 24.8 Å². The van der Waals surface area contributed by atoms with Gasteiger partial charge in [-0.25, -0.2) is 0 Å². The van der Waals surface area contributed by atoms with Gasteiger partial charge in [-0.2, -0.15) is 0 Å². The Morgan fingerprint density at radius 2 is 1.94 bits per heavy atom. The molecule has 1 aliphatic carbocycles. The third-order valence-corrected chi connectivity index (χ3v) is 4.21. The zero-order chi connectivity index (χ0) is 11.5. The number of hydrogen-bond donors (Lipinski definition) is 1. The number of halogens is 2. The van der Waals surface area contributed by atoms with Crippen molar-refractivity contribution in [1.29, 1.82) is 0 Å². The molecule has 1 saturated carbocycles. The van der Waals surface area contributed by atoms with Crippen LogP contribution in [0, 0.1) is 11.8 Å². The molecule has 1 fully saturated rings. The molecule has 0 amide bonds. The monoisotopic (exact) mass is 257 g/mol. The Labute approximate surface area is 107 Å². The molecule has 0 aliphatic heterocycles. The molecule has 3 heteroatoms. The van der Waals surface area contributed by atoms with Crippen molar-refractivity contribution in [2.75, 3.05) is 6.54 Å². The lowest BCUT2D eigenvalue weighted by molar-refractivity contribution is 0.394. The molecule has 16 heavy (non-hydrogen) atoms. The van der Waals surface area contributed by atoms with E-state index in [1.54, 1.807) is 0 Å². The van der Waals surface area contributed by atoms with Crippen LogP contribution in [-0.4, -0.2) is 6.54 Å². The minimum Gasteiger partial charge on any atom is -0.330 e. The summed E-state index contributed by atoms with van der Waals surface area (Å²) in [6.07, 6.45) is 4.84. The Hall–Kier alpha value is -0.240. The fraction of sp³-hybridized carbons (Fsp3) is 0.538. The van der Waals surface area contributed by atoms with Crippen LogP contribution < -0.4 is 5.73 Å². The van der Waals surface area contributed by atoms with Gasteiger partial charge in [-0.1, -0.05) is 29.6 Å². The molecular formula is C13H17Cl2N. The van der Waals surface area contributed by atoms with Gasteiger partial charge in [0.1, 0.15) is 0 Å².